The van der Waals surface area contributed by atoms with E-state index in [0.717, 1.165) is 60.5 Å². The highest BCUT2D eigenvalue weighted by Crippen LogP contribution is 2.41. The Labute approximate surface area is 198 Å². The van der Waals surface area contributed by atoms with E-state index in [1.807, 2.05) is 48.5 Å². The second-order valence-electron chi connectivity index (χ2n) is 9.21. The highest BCUT2D eigenvalue weighted by Gasteiger charge is 2.42. The van der Waals surface area contributed by atoms with Gasteiger partial charge in [-0.15, -0.1) is 0 Å². The van der Waals surface area contributed by atoms with Gasteiger partial charge in [0.15, 0.2) is 5.69 Å². The van der Waals surface area contributed by atoms with E-state index in [2.05, 4.69) is 10.4 Å². The standard InChI is InChI=1S/C27H32F3N3O/c28-27(29,30)25-23(19-31-33(25)20-15-11-7-3-1-2-4-8-12-16-20)26(34)32-24-21-17-13-9-5-6-10-14-18-22(21)24/h5-6,9-10,13-14,17-20,24H,1-4,7-8,11-12,15-16H2,(H,32,34). The van der Waals surface area contributed by atoms with Gasteiger partial charge in [0.05, 0.1) is 23.8 Å². The van der Waals surface area contributed by atoms with E-state index >= 15 is 0 Å². The molecule has 1 saturated carbocycles. The lowest BCUT2D eigenvalue weighted by molar-refractivity contribution is -0.145. The smallest absolute Gasteiger partial charge is 0.341 e. The quantitative estimate of drug-likeness (QED) is 0.510. The number of amides is 1. The van der Waals surface area contributed by atoms with E-state index < -0.39 is 23.3 Å². The third kappa shape index (κ3) is 5.99. The van der Waals surface area contributed by atoms with Crippen molar-refractivity contribution in [3.05, 3.63) is 77.1 Å². The zero-order chi connectivity index (χ0) is 24.0. The van der Waals surface area contributed by atoms with Crippen molar-refractivity contribution in [2.24, 2.45) is 0 Å². The predicted molar refractivity (Wildman–Crippen MR) is 126 cm³/mol. The van der Waals surface area contributed by atoms with E-state index in [9.17, 15) is 18.0 Å². The Morgan fingerprint density at radius 2 is 1.32 bits per heavy atom. The number of carbonyl (C=O) groups excluding carboxylic acids is 1. The molecule has 4 rings (SSSR count). The van der Waals surface area contributed by atoms with Crippen molar-refractivity contribution in [1.82, 2.24) is 15.1 Å². The van der Waals surface area contributed by atoms with Gasteiger partial charge in [-0.05, 0) is 24.0 Å². The van der Waals surface area contributed by atoms with Gasteiger partial charge in [0, 0.05) is 0 Å². The maximum atomic E-state index is 14.2. The Morgan fingerprint density at radius 1 is 0.824 bits per heavy atom. The van der Waals surface area contributed by atoms with Gasteiger partial charge in [-0.3, -0.25) is 9.48 Å². The fraction of sp³-hybridized carbons (Fsp3) is 0.481. The minimum atomic E-state index is -4.66. The summed E-state index contributed by atoms with van der Waals surface area (Å²) < 4.78 is 43.7. The van der Waals surface area contributed by atoms with Crippen LogP contribution in [-0.2, 0) is 6.18 Å². The molecule has 0 radical (unpaired) electrons. The summed E-state index contributed by atoms with van der Waals surface area (Å²) in [6.45, 7) is 0. The van der Waals surface area contributed by atoms with E-state index in [-0.39, 0.29) is 12.1 Å². The molecule has 1 aromatic carbocycles. The predicted octanol–water partition coefficient (Wildman–Crippen LogP) is 7.31. The van der Waals surface area contributed by atoms with Crippen LogP contribution in [-0.4, -0.2) is 15.7 Å². The van der Waals surface area contributed by atoms with Crippen molar-refractivity contribution in [1.29, 1.82) is 0 Å². The maximum Gasteiger partial charge on any atom is 0.433 e. The van der Waals surface area contributed by atoms with Crippen molar-refractivity contribution in [3.8, 4) is 0 Å². The van der Waals surface area contributed by atoms with Gasteiger partial charge in [0.1, 0.15) is 0 Å². The van der Waals surface area contributed by atoms with Gasteiger partial charge in [-0.25, -0.2) is 0 Å². The zero-order valence-corrected chi connectivity index (χ0v) is 19.4. The van der Waals surface area contributed by atoms with Gasteiger partial charge in [0.2, 0.25) is 0 Å². The maximum absolute atomic E-state index is 14.2. The number of halogens is 3. The molecule has 1 heterocycles. The molecule has 1 amide bonds. The molecule has 1 N–H and O–H groups in total. The molecular weight excluding hydrogens is 439 g/mol. The van der Waals surface area contributed by atoms with Crippen molar-refractivity contribution < 1.29 is 18.0 Å². The Bertz CT molecular complexity index is 1000. The van der Waals surface area contributed by atoms with Crippen molar-refractivity contribution in [2.75, 3.05) is 0 Å². The SMILES string of the molecule is O=C(NC1c2ccccccccc21)c1cnn(C2CCCCCCCCCC2)c1C(F)(F)F. The number of fused-ring (bicyclic) bond motifs is 1. The first-order valence-corrected chi connectivity index (χ1v) is 12.3. The molecule has 0 bridgehead atoms. The first kappa shape index (κ1) is 24.3. The van der Waals surface area contributed by atoms with Crippen molar-refractivity contribution >= 4 is 5.91 Å². The Balaban J connectivity index is 1.57. The molecule has 0 spiro atoms. The summed E-state index contributed by atoms with van der Waals surface area (Å²) in [5.41, 5.74) is 0.468. The Morgan fingerprint density at radius 3 is 1.85 bits per heavy atom. The Kier molecular flexibility index (Phi) is 7.91. The largest absolute Gasteiger partial charge is 0.433 e. The van der Waals surface area contributed by atoms with E-state index in [1.54, 1.807) is 0 Å². The third-order valence-electron chi connectivity index (χ3n) is 6.73. The second kappa shape index (κ2) is 11.1. The number of alkyl halides is 3. The second-order valence-corrected chi connectivity index (χ2v) is 9.21. The average molecular weight is 472 g/mol. The van der Waals surface area contributed by atoms with Crippen LogP contribution in [0.1, 0.15) is 103 Å². The molecule has 1 aromatic heterocycles. The fourth-order valence-corrected chi connectivity index (χ4v) is 4.88. The highest BCUT2D eigenvalue weighted by atomic mass is 19.4. The molecule has 2 aliphatic rings. The topological polar surface area (TPSA) is 46.9 Å². The molecule has 7 heteroatoms. The van der Waals surface area contributed by atoms with Gasteiger partial charge >= 0.3 is 6.18 Å². The number of aromatic nitrogens is 2. The molecule has 0 unspecified atom stereocenters. The third-order valence-corrected chi connectivity index (χ3v) is 6.73. The zero-order valence-electron chi connectivity index (χ0n) is 19.4. The molecule has 2 aromatic rings. The summed E-state index contributed by atoms with van der Waals surface area (Å²) in [4.78, 5) is 13.0. The number of hydrogen-bond donors (Lipinski definition) is 1. The normalized spacial score (nSPS) is 17.7. The molecule has 182 valence electrons. The van der Waals surface area contributed by atoms with E-state index in [4.69, 9.17) is 0 Å². The fourth-order valence-electron chi connectivity index (χ4n) is 4.88. The van der Waals surface area contributed by atoms with Crippen molar-refractivity contribution in [3.63, 3.8) is 0 Å². The van der Waals surface area contributed by atoms with Crippen LogP contribution in [0.15, 0.2) is 54.7 Å². The Hall–Kier alpha value is -2.83. The summed E-state index contributed by atoms with van der Waals surface area (Å²) in [6.07, 6.45) is 6.19. The lowest BCUT2D eigenvalue weighted by atomic mass is 10.0. The lowest BCUT2D eigenvalue weighted by Crippen LogP contribution is -2.27. The number of carbonyl (C=O) groups is 1. The molecule has 34 heavy (non-hydrogen) atoms. The summed E-state index contributed by atoms with van der Waals surface area (Å²) in [5.74, 6) is -0.740. The van der Waals surface area contributed by atoms with Gasteiger partial charge in [0.25, 0.3) is 5.91 Å². The molecule has 0 saturated heterocycles. The first-order chi connectivity index (χ1) is 16.5. The van der Waals surface area contributed by atoms with Crippen LogP contribution in [0.3, 0.4) is 0 Å². The van der Waals surface area contributed by atoms with Crippen molar-refractivity contribution in [2.45, 2.75) is 82.5 Å². The summed E-state index contributed by atoms with van der Waals surface area (Å²) >= 11 is 0. The minimum Gasteiger partial charge on any atom is -0.341 e. The lowest BCUT2D eigenvalue weighted by Gasteiger charge is -2.21. The van der Waals surface area contributed by atoms with Gasteiger partial charge in [-0.2, -0.15) is 18.3 Å². The van der Waals surface area contributed by atoms with Crippen LogP contribution in [0.5, 0.6) is 0 Å². The molecule has 4 nitrogen and oxygen atoms in total. The number of rotatable bonds is 3. The van der Waals surface area contributed by atoms with Crippen LogP contribution in [0.25, 0.3) is 0 Å². The number of nitrogens with one attached hydrogen (secondary N) is 1. The highest BCUT2D eigenvalue weighted by molar-refractivity contribution is 5.96. The van der Waals surface area contributed by atoms with Crippen LogP contribution in [0.2, 0.25) is 0 Å². The van der Waals surface area contributed by atoms with Gasteiger partial charge < -0.3 is 5.32 Å². The molecule has 2 aliphatic carbocycles. The molecule has 0 aliphatic heterocycles. The summed E-state index contributed by atoms with van der Waals surface area (Å²) in [5, 5.41) is 6.90. The van der Waals surface area contributed by atoms with Crippen LogP contribution in [0.4, 0.5) is 13.2 Å². The van der Waals surface area contributed by atoms with Gasteiger partial charge in [-0.1, -0.05) is 99.9 Å². The number of nitrogens with zero attached hydrogens (tertiary/aromatic N) is 2. The van der Waals surface area contributed by atoms with E-state index in [0.29, 0.717) is 12.8 Å². The van der Waals surface area contributed by atoms with Crippen LogP contribution >= 0.6 is 0 Å². The molecular formula is C27H32F3N3O. The first-order valence-electron chi connectivity index (χ1n) is 12.3. The monoisotopic (exact) mass is 471 g/mol. The van der Waals surface area contributed by atoms with Crippen LogP contribution < -0.4 is 5.32 Å². The van der Waals surface area contributed by atoms with Crippen LogP contribution in [0, 0.1) is 0 Å². The molecule has 0 atom stereocenters. The van der Waals surface area contributed by atoms with E-state index in [1.165, 1.54) is 12.8 Å². The summed E-state index contributed by atoms with van der Waals surface area (Å²) in [6, 6.07) is 14.2. The number of hydrogen-bond acceptors (Lipinski definition) is 2. The molecule has 1 fully saturated rings. The average Bonchev–Trinajstić information content (AvgIpc) is 3.23. The summed E-state index contributed by atoms with van der Waals surface area (Å²) in [7, 11) is 0. The minimum absolute atomic E-state index is 0.340.